The van der Waals surface area contributed by atoms with Gasteiger partial charge in [-0.2, -0.15) is 0 Å². The van der Waals surface area contributed by atoms with Crippen LogP contribution in [0, 0.1) is 5.41 Å². The Bertz CT molecular complexity index is 444. The van der Waals surface area contributed by atoms with E-state index in [9.17, 15) is 4.79 Å². The largest absolute Gasteiger partial charge is 0.370 e. The highest BCUT2D eigenvalue weighted by atomic mass is 35.5. The highest BCUT2D eigenvalue weighted by Crippen LogP contribution is 2.40. The average Bonchev–Trinajstić information content (AvgIpc) is 2.47. The minimum Gasteiger partial charge on any atom is -0.370 e. The average molecular weight is 280 g/mol. The van der Waals surface area contributed by atoms with Gasteiger partial charge in [0.05, 0.1) is 10.7 Å². The van der Waals surface area contributed by atoms with Gasteiger partial charge in [0.25, 0.3) is 0 Å². The molecule has 2 nitrogen and oxygen atoms in total. The number of benzene rings is 1. The molecule has 1 saturated heterocycles. The molecule has 1 aromatic carbocycles. The molecule has 0 bridgehead atoms. The van der Waals surface area contributed by atoms with Gasteiger partial charge in [0.15, 0.2) is 0 Å². The summed E-state index contributed by atoms with van der Waals surface area (Å²) in [6, 6.07) is 5.57. The molecule has 0 N–H and O–H groups in total. The Labute approximate surface area is 120 Å². The molecular formula is C16H22ClNO. The zero-order chi connectivity index (χ0) is 13.9. The zero-order valence-electron chi connectivity index (χ0n) is 11.8. The Hall–Kier alpha value is -1.02. The van der Waals surface area contributed by atoms with Crippen molar-refractivity contribution in [3.05, 3.63) is 28.8 Å². The fourth-order valence-electron chi connectivity index (χ4n) is 3.03. The molecule has 104 valence electrons. The van der Waals surface area contributed by atoms with E-state index in [1.54, 1.807) is 6.07 Å². The summed E-state index contributed by atoms with van der Waals surface area (Å²) in [5, 5.41) is 0.685. The Morgan fingerprint density at radius 3 is 2.37 bits per heavy atom. The SMILES string of the molecule is CCC1(CC)CCN(c2ccc(C=O)cc2Cl)CC1. The van der Waals surface area contributed by atoms with E-state index in [1.165, 1.54) is 25.7 Å². The molecule has 0 saturated carbocycles. The first kappa shape index (κ1) is 14.4. The van der Waals surface area contributed by atoms with Crippen molar-refractivity contribution >= 4 is 23.6 Å². The number of halogens is 1. The highest BCUT2D eigenvalue weighted by molar-refractivity contribution is 6.33. The van der Waals surface area contributed by atoms with Gasteiger partial charge in [-0.1, -0.05) is 38.3 Å². The van der Waals surface area contributed by atoms with E-state index in [-0.39, 0.29) is 0 Å². The molecule has 0 unspecified atom stereocenters. The number of nitrogens with zero attached hydrogens (tertiary/aromatic N) is 1. The monoisotopic (exact) mass is 279 g/mol. The van der Waals surface area contributed by atoms with Crippen molar-refractivity contribution in [1.29, 1.82) is 0 Å². The third-order valence-electron chi connectivity index (χ3n) is 4.77. The third-order valence-corrected chi connectivity index (χ3v) is 5.08. The van der Waals surface area contributed by atoms with Gasteiger partial charge in [-0.3, -0.25) is 4.79 Å². The zero-order valence-corrected chi connectivity index (χ0v) is 12.5. The van der Waals surface area contributed by atoms with E-state index in [0.29, 0.717) is 16.0 Å². The molecule has 1 heterocycles. The van der Waals surface area contributed by atoms with Crippen molar-refractivity contribution in [2.24, 2.45) is 5.41 Å². The van der Waals surface area contributed by atoms with Crippen LogP contribution in [0.4, 0.5) is 5.69 Å². The molecule has 0 spiro atoms. The Kier molecular flexibility index (Phi) is 4.51. The minimum absolute atomic E-state index is 0.520. The smallest absolute Gasteiger partial charge is 0.150 e. The number of piperidine rings is 1. The molecule has 3 heteroatoms. The second-order valence-electron chi connectivity index (χ2n) is 5.52. The van der Waals surface area contributed by atoms with Gasteiger partial charge in [-0.25, -0.2) is 0 Å². The maximum absolute atomic E-state index is 10.7. The van der Waals surface area contributed by atoms with Crippen LogP contribution in [0.25, 0.3) is 0 Å². The lowest BCUT2D eigenvalue weighted by Crippen LogP contribution is -2.39. The predicted octanol–water partition coefficient (Wildman–Crippen LogP) is 4.56. The summed E-state index contributed by atoms with van der Waals surface area (Å²) in [5.41, 5.74) is 2.22. The van der Waals surface area contributed by atoms with E-state index in [1.807, 2.05) is 12.1 Å². The highest BCUT2D eigenvalue weighted by Gasteiger charge is 2.31. The topological polar surface area (TPSA) is 20.3 Å². The summed E-state index contributed by atoms with van der Waals surface area (Å²) in [6.45, 7) is 6.71. The molecule has 0 atom stereocenters. The van der Waals surface area contributed by atoms with Gasteiger partial charge >= 0.3 is 0 Å². The van der Waals surface area contributed by atoms with E-state index in [4.69, 9.17) is 11.6 Å². The van der Waals surface area contributed by atoms with Crippen molar-refractivity contribution in [2.45, 2.75) is 39.5 Å². The van der Waals surface area contributed by atoms with Gasteiger partial charge in [0.1, 0.15) is 6.29 Å². The number of rotatable bonds is 4. The molecule has 1 aromatic rings. The number of anilines is 1. The molecule has 1 fully saturated rings. The van der Waals surface area contributed by atoms with Crippen LogP contribution >= 0.6 is 11.6 Å². The van der Waals surface area contributed by atoms with Crippen molar-refractivity contribution in [3.8, 4) is 0 Å². The summed E-state index contributed by atoms with van der Waals surface area (Å²) in [6.07, 6.45) is 5.81. The third kappa shape index (κ3) is 2.94. The lowest BCUT2D eigenvalue weighted by molar-refractivity contribution is 0.112. The van der Waals surface area contributed by atoms with Crippen molar-refractivity contribution in [1.82, 2.24) is 0 Å². The minimum atomic E-state index is 0.520. The molecular weight excluding hydrogens is 258 g/mol. The molecule has 0 aliphatic carbocycles. The molecule has 0 aromatic heterocycles. The maximum Gasteiger partial charge on any atom is 0.150 e. The quantitative estimate of drug-likeness (QED) is 0.753. The molecule has 0 amide bonds. The standard InChI is InChI=1S/C16H22ClNO/c1-3-16(4-2)7-9-18(10-8-16)15-6-5-13(12-19)11-14(15)17/h5-6,11-12H,3-4,7-10H2,1-2H3. The number of hydrogen-bond donors (Lipinski definition) is 0. The van der Waals surface area contributed by atoms with Gasteiger partial charge in [-0.15, -0.1) is 0 Å². The Morgan fingerprint density at radius 2 is 1.89 bits per heavy atom. The first-order valence-corrected chi connectivity index (χ1v) is 7.51. The molecule has 1 aliphatic rings. The van der Waals surface area contributed by atoms with Crippen LogP contribution in [0.2, 0.25) is 5.02 Å². The van der Waals surface area contributed by atoms with Crippen LogP contribution in [0.5, 0.6) is 0 Å². The summed E-state index contributed by atoms with van der Waals surface area (Å²) in [5.74, 6) is 0. The number of hydrogen-bond acceptors (Lipinski definition) is 2. The summed E-state index contributed by atoms with van der Waals surface area (Å²) >= 11 is 6.28. The van der Waals surface area contributed by atoms with E-state index >= 15 is 0 Å². The van der Waals surface area contributed by atoms with Crippen LogP contribution in [0.3, 0.4) is 0 Å². The van der Waals surface area contributed by atoms with Crippen LogP contribution in [0.15, 0.2) is 18.2 Å². The van der Waals surface area contributed by atoms with Crippen LogP contribution in [0.1, 0.15) is 49.9 Å². The van der Waals surface area contributed by atoms with Crippen LogP contribution in [-0.2, 0) is 0 Å². The fraction of sp³-hybridized carbons (Fsp3) is 0.562. The Morgan fingerprint density at radius 1 is 1.26 bits per heavy atom. The Balaban J connectivity index is 2.11. The summed E-state index contributed by atoms with van der Waals surface area (Å²) in [7, 11) is 0. The number of carbonyl (C=O) groups is 1. The second-order valence-corrected chi connectivity index (χ2v) is 5.93. The first-order valence-electron chi connectivity index (χ1n) is 7.14. The van der Waals surface area contributed by atoms with Crippen molar-refractivity contribution in [2.75, 3.05) is 18.0 Å². The van der Waals surface area contributed by atoms with Crippen LogP contribution in [-0.4, -0.2) is 19.4 Å². The molecule has 2 rings (SSSR count). The van der Waals surface area contributed by atoms with E-state index in [2.05, 4.69) is 18.7 Å². The van der Waals surface area contributed by atoms with Crippen molar-refractivity contribution < 1.29 is 4.79 Å². The predicted molar refractivity (Wildman–Crippen MR) is 81.3 cm³/mol. The normalized spacial score (nSPS) is 18.4. The van der Waals surface area contributed by atoms with E-state index < -0.39 is 0 Å². The van der Waals surface area contributed by atoms with E-state index in [0.717, 1.165) is 25.1 Å². The lowest BCUT2D eigenvalue weighted by atomic mass is 9.74. The first-order chi connectivity index (χ1) is 9.14. The number of aldehydes is 1. The maximum atomic E-state index is 10.7. The molecule has 0 radical (unpaired) electrons. The van der Waals surface area contributed by atoms with Gasteiger partial charge < -0.3 is 4.90 Å². The number of carbonyl (C=O) groups excluding carboxylic acids is 1. The fourth-order valence-corrected chi connectivity index (χ4v) is 3.34. The van der Waals surface area contributed by atoms with Gasteiger partial charge in [-0.05, 0) is 36.5 Å². The van der Waals surface area contributed by atoms with Crippen LogP contribution < -0.4 is 4.90 Å². The lowest BCUT2D eigenvalue weighted by Gasteiger charge is -2.42. The van der Waals surface area contributed by atoms with Gasteiger partial charge in [0.2, 0.25) is 0 Å². The molecule has 1 aliphatic heterocycles. The summed E-state index contributed by atoms with van der Waals surface area (Å²) in [4.78, 5) is 13.1. The van der Waals surface area contributed by atoms with Crippen molar-refractivity contribution in [3.63, 3.8) is 0 Å². The molecule has 19 heavy (non-hydrogen) atoms. The second kappa shape index (κ2) is 5.96. The van der Waals surface area contributed by atoms with Gasteiger partial charge in [0, 0.05) is 18.7 Å². The summed E-state index contributed by atoms with van der Waals surface area (Å²) < 4.78 is 0.